The van der Waals surface area contributed by atoms with Crippen LogP contribution in [0.5, 0.6) is 0 Å². The maximum Gasteiger partial charge on any atom is 0.297 e. The third-order valence-corrected chi connectivity index (χ3v) is 3.18. The number of thiazole rings is 1. The molecule has 0 aliphatic rings. The quantitative estimate of drug-likeness (QED) is 0.887. The Morgan fingerprint density at radius 2 is 2.28 bits per heavy atom. The van der Waals surface area contributed by atoms with Crippen molar-refractivity contribution in [3.8, 4) is 0 Å². The number of H-pyrrole nitrogens is 1. The van der Waals surface area contributed by atoms with E-state index < -0.39 is 0 Å². The summed E-state index contributed by atoms with van der Waals surface area (Å²) in [6.45, 7) is 6.06. The molecule has 0 saturated heterocycles. The molecule has 0 fully saturated rings. The van der Waals surface area contributed by atoms with E-state index in [0.29, 0.717) is 16.9 Å². The van der Waals surface area contributed by atoms with E-state index >= 15 is 0 Å². The molecular formula is C11H15N5OS. The summed E-state index contributed by atoms with van der Waals surface area (Å²) in [7, 11) is 0. The van der Waals surface area contributed by atoms with Crippen LogP contribution in [0.2, 0.25) is 0 Å². The lowest BCUT2D eigenvalue weighted by Crippen LogP contribution is -2.13. The van der Waals surface area contributed by atoms with Gasteiger partial charge in [0.2, 0.25) is 5.82 Å². The standard InChI is InChI=1S/C11H15N5OS/c1-4-8-13-9(16-15-8)10(17)14-11-12-7(5-18-11)6(2)3/h5-6H,4H2,1-3H3,(H,12,14,17)(H,13,15,16). The van der Waals surface area contributed by atoms with Crippen LogP contribution >= 0.6 is 11.3 Å². The van der Waals surface area contributed by atoms with Crippen molar-refractivity contribution in [1.82, 2.24) is 20.2 Å². The SMILES string of the molecule is CCc1nc(C(=O)Nc2nc(C(C)C)cs2)n[nH]1. The average Bonchev–Trinajstić information content (AvgIpc) is 2.96. The minimum absolute atomic E-state index is 0.146. The van der Waals surface area contributed by atoms with Gasteiger partial charge in [0.05, 0.1) is 5.69 Å². The fraction of sp³-hybridized carbons (Fsp3) is 0.455. The Kier molecular flexibility index (Phi) is 3.71. The van der Waals surface area contributed by atoms with Crippen molar-refractivity contribution in [3.63, 3.8) is 0 Å². The zero-order chi connectivity index (χ0) is 13.1. The van der Waals surface area contributed by atoms with Crippen LogP contribution in [0.3, 0.4) is 0 Å². The molecule has 7 heteroatoms. The van der Waals surface area contributed by atoms with Crippen LogP contribution < -0.4 is 5.32 Å². The highest BCUT2D eigenvalue weighted by atomic mass is 32.1. The number of aryl methyl sites for hydroxylation is 1. The van der Waals surface area contributed by atoms with E-state index in [0.717, 1.165) is 12.1 Å². The Morgan fingerprint density at radius 3 is 2.83 bits per heavy atom. The number of aromatic amines is 1. The van der Waals surface area contributed by atoms with E-state index in [-0.39, 0.29) is 11.7 Å². The van der Waals surface area contributed by atoms with Gasteiger partial charge in [-0.3, -0.25) is 15.2 Å². The van der Waals surface area contributed by atoms with Crippen LogP contribution in [-0.2, 0) is 6.42 Å². The van der Waals surface area contributed by atoms with Crippen molar-refractivity contribution in [2.45, 2.75) is 33.1 Å². The van der Waals surface area contributed by atoms with Gasteiger partial charge in [0.25, 0.3) is 5.91 Å². The molecule has 0 aromatic carbocycles. The molecule has 2 rings (SSSR count). The Morgan fingerprint density at radius 1 is 1.50 bits per heavy atom. The summed E-state index contributed by atoms with van der Waals surface area (Å²) < 4.78 is 0. The number of carbonyl (C=O) groups excluding carboxylic acids is 1. The van der Waals surface area contributed by atoms with Crippen molar-refractivity contribution in [3.05, 3.63) is 22.7 Å². The summed E-state index contributed by atoms with van der Waals surface area (Å²) in [5.74, 6) is 0.855. The molecule has 2 N–H and O–H groups in total. The van der Waals surface area contributed by atoms with Crippen LogP contribution in [0.4, 0.5) is 5.13 Å². The maximum atomic E-state index is 11.8. The monoisotopic (exact) mass is 265 g/mol. The number of amides is 1. The highest BCUT2D eigenvalue weighted by Crippen LogP contribution is 2.21. The van der Waals surface area contributed by atoms with Gasteiger partial charge < -0.3 is 0 Å². The average molecular weight is 265 g/mol. The summed E-state index contributed by atoms with van der Waals surface area (Å²) >= 11 is 1.40. The summed E-state index contributed by atoms with van der Waals surface area (Å²) in [6, 6.07) is 0. The largest absolute Gasteiger partial charge is 0.297 e. The molecule has 0 aliphatic carbocycles. The molecule has 6 nitrogen and oxygen atoms in total. The van der Waals surface area contributed by atoms with Crippen molar-refractivity contribution in [2.75, 3.05) is 5.32 Å². The van der Waals surface area contributed by atoms with Gasteiger partial charge in [-0.05, 0) is 5.92 Å². The molecule has 0 aliphatic heterocycles. The Hall–Kier alpha value is -1.76. The van der Waals surface area contributed by atoms with E-state index in [4.69, 9.17) is 0 Å². The van der Waals surface area contributed by atoms with Crippen molar-refractivity contribution >= 4 is 22.4 Å². The molecule has 96 valence electrons. The number of hydrogen-bond donors (Lipinski definition) is 2. The molecule has 0 radical (unpaired) electrons. The number of nitrogens with one attached hydrogen (secondary N) is 2. The third kappa shape index (κ3) is 2.73. The summed E-state index contributed by atoms with van der Waals surface area (Å²) in [5, 5.41) is 11.8. The predicted molar refractivity (Wildman–Crippen MR) is 69.9 cm³/mol. The van der Waals surface area contributed by atoms with E-state index in [1.54, 1.807) is 0 Å². The molecule has 18 heavy (non-hydrogen) atoms. The number of rotatable bonds is 4. The van der Waals surface area contributed by atoms with Gasteiger partial charge in [-0.25, -0.2) is 9.97 Å². The summed E-state index contributed by atoms with van der Waals surface area (Å²) in [5.41, 5.74) is 0.972. The van der Waals surface area contributed by atoms with Crippen molar-refractivity contribution in [1.29, 1.82) is 0 Å². The topological polar surface area (TPSA) is 83.6 Å². The van der Waals surface area contributed by atoms with Gasteiger partial charge in [-0.15, -0.1) is 16.4 Å². The third-order valence-electron chi connectivity index (χ3n) is 2.40. The fourth-order valence-electron chi connectivity index (χ4n) is 1.32. The number of carbonyl (C=O) groups is 1. The van der Waals surface area contributed by atoms with Gasteiger partial charge >= 0.3 is 0 Å². The molecule has 0 unspecified atom stereocenters. The van der Waals surface area contributed by atoms with E-state index in [1.165, 1.54) is 11.3 Å². The number of aromatic nitrogens is 4. The van der Waals surface area contributed by atoms with E-state index in [9.17, 15) is 4.79 Å². The lowest BCUT2D eigenvalue weighted by Gasteiger charge is -1.98. The van der Waals surface area contributed by atoms with E-state index in [2.05, 4.69) is 39.3 Å². The Bertz CT molecular complexity index is 545. The molecule has 0 saturated carbocycles. The van der Waals surface area contributed by atoms with Gasteiger partial charge in [0.15, 0.2) is 5.13 Å². The first kappa shape index (κ1) is 12.7. The van der Waals surface area contributed by atoms with Crippen LogP contribution in [-0.4, -0.2) is 26.1 Å². The minimum Gasteiger partial charge on any atom is -0.295 e. The Labute approximate surface area is 109 Å². The lowest BCUT2D eigenvalue weighted by molar-refractivity contribution is 0.101. The number of anilines is 1. The second kappa shape index (κ2) is 5.26. The second-order valence-electron chi connectivity index (χ2n) is 4.15. The lowest BCUT2D eigenvalue weighted by atomic mass is 10.2. The van der Waals surface area contributed by atoms with Crippen molar-refractivity contribution in [2.24, 2.45) is 0 Å². The minimum atomic E-state index is -0.337. The molecule has 2 aromatic heterocycles. The molecule has 0 atom stereocenters. The van der Waals surface area contributed by atoms with E-state index in [1.807, 2.05) is 12.3 Å². The van der Waals surface area contributed by atoms with Crippen molar-refractivity contribution < 1.29 is 4.79 Å². The highest BCUT2D eigenvalue weighted by Gasteiger charge is 2.14. The first-order valence-electron chi connectivity index (χ1n) is 5.78. The Balaban J connectivity index is 2.06. The highest BCUT2D eigenvalue weighted by molar-refractivity contribution is 7.14. The van der Waals surface area contributed by atoms with Gasteiger partial charge in [0.1, 0.15) is 5.82 Å². The fourth-order valence-corrected chi connectivity index (χ4v) is 2.18. The first-order chi connectivity index (χ1) is 8.60. The maximum absolute atomic E-state index is 11.8. The molecule has 1 amide bonds. The molecule has 2 aromatic rings. The molecular weight excluding hydrogens is 250 g/mol. The summed E-state index contributed by atoms with van der Waals surface area (Å²) in [4.78, 5) is 20.2. The second-order valence-corrected chi connectivity index (χ2v) is 5.00. The van der Waals surface area contributed by atoms with Crippen LogP contribution in [0, 0.1) is 0 Å². The summed E-state index contributed by atoms with van der Waals surface area (Å²) in [6.07, 6.45) is 0.717. The zero-order valence-electron chi connectivity index (χ0n) is 10.5. The molecule has 0 bridgehead atoms. The zero-order valence-corrected chi connectivity index (χ0v) is 11.3. The van der Waals surface area contributed by atoms with Crippen LogP contribution in [0.25, 0.3) is 0 Å². The molecule has 2 heterocycles. The van der Waals surface area contributed by atoms with Crippen LogP contribution in [0.15, 0.2) is 5.38 Å². The predicted octanol–water partition coefficient (Wildman–Crippen LogP) is 2.20. The van der Waals surface area contributed by atoms with Gasteiger partial charge in [-0.1, -0.05) is 20.8 Å². The molecule has 0 spiro atoms. The number of nitrogens with zero attached hydrogens (tertiary/aromatic N) is 3. The smallest absolute Gasteiger partial charge is 0.295 e. The van der Waals surface area contributed by atoms with Crippen LogP contribution in [0.1, 0.15) is 48.8 Å². The number of hydrogen-bond acceptors (Lipinski definition) is 5. The van der Waals surface area contributed by atoms with Gasteiger partial charge in [0, 0.05) is 11.8 Å². The van der Waals surface area contributed by atoms with Gasteiger partial charge in [-0.2, -0.15) is 0 Å². The normalized spacial score (nSPS) is 10.9. The first-order valence-corrected chi connectivity index (χ1v) is 6.66.